The van der Waals surface area contributed by atoms with Crippen molar-refractivity contribution >= 4 is 22.6 Å². The molecule has 1 N–H and O–H groups in total. The smallest absolute Gasteiger partial charge is 0.234 e. The summed E-state index contributed by atoms with van der Waals surface area (Å²) in [6.07, 6.45) is 0. The van der Waals surface area contributed by atoms with Gasteiger partial charge in [0.15, 0.2) is 5.82 Å². The van der Waals surface area contributed by atoms with Crippen LogP contribution in [-0.2, 0) is 4.79 Å². The fraction of sp³-hybridized carbons (Fsp3) is 0.438. The highest BCUT2D eigenvalue weighted by molar-refractivity contribution is 7.09. The summed E-state index contributed by atoms with van der Waals surface area (Å²) in [5.74, 6) is 0.888. The number of anilines is 1. The summed E-state index contributed by atoms with van der Waals surface area (Å²) in [5.41, 5.74) is 1.05. The third-order valence-electron chi connectivity index (χ3n) is 3.83. The Morgan fingerprint density at radius 3 is 2.65 bits per heavy atom. The number of nitrogens with zero attached hydrogens (tertiary/aromatic N) is 4. The molecular weight excluding hydrogens is 310 g/mol. The third-order valence-corrected chi connectivity index (χ3v) is 4.61. The van der Waals surface area contributed by atoms with E-state index in [0.717, 1.165) is 42.7 Å². The van der Waals surface area contributed by atoms with E-state index in [2.05, 4.69) is 24.5 Å². The van der Waals surface area contributed by atoms with Crippen molar-refractivity contribution in [2.45, 2.75) is 6.92 Å². The first kappa shape index (κ1) is 15.9. The molecular formula is C16H21N5OS. The van der Waals surface area contributed by atoms with Crippen LogP contribution >= 0.6 is 11.5 Å². The van der Waals surface area contributed by atoms with Crippen LogP contribution < -0.4 is 10.2 Å². The van der Waals surface area contributed by atoms with Crippen molar-refractivity contribution in [3.63, 3.8) is 0 Å². The summed E-state index contributed by atoms with van der Waals surface area (Å²) >= 11 is 1.44. The van der Waals surface area contributed by atoms with Crippen molar-refractivity contribution in [2.24, 2.45) is 0 Å². The number of hydrogen-bond acceptors (Lipinski definition) is 6. The van der Waals surface area contributed by atoms with Gasteiger partial charge in [-0.3, -0.25) is 9.69 Å². The largest absolute Gasteiger partial charge is 0.355 e. The van der Waals surface area contributed by atoms with Gasteiger partial charge in [0.25, 0.3) is 0 Å². The average Bonchev–Trinajstić information content (AvgIpc) is 3.07. The number of piperazine rings is 1. The molecule has 1 aromatic carbocycles. The van der Waals surface area contributed by atoms with Crippen molar-refractivity contribution < 1.29 is 4.79 Å². The minimum Gasteiger partial charge on any atom is -0.355 e. The van der Waals surface area contributed by atoms with Crippen LogP contribution in [0.15, 0.2) is 30.3 Å². The number of carbonyl (C=O) groups is 1. The Labute approximate surface area is 140 Å². The summed E-state index contributed by atoms with van der Waals surface area (Å²) in [7, 11) is 0. The highest BCUT2D eigenvalue weighted by Gasteiger charge is 2.21. The second-order valence-electron chi connectivity index (χ2n) is 5.48. The fourth-order valence-electron chi connectivity index (χ4n) is 2.60. The van der Waals surface area contributed by atoms with Crippen molar-refractivity contribution in [3.8, 4) is 11.4 Å². The topological polar surface area (TPSA) is 61.4 Å². The third kappa shape index (κ3) is 4.05. The lowest BCUT2D eigenvalue weighted by Gasteiger charge is -2.33. The predicted octanol–water partition coefficient (Wildman–Crippen LogP) is 1.46. The molecule has 6 nitrogen and oxygen atoms in total. The van der Waals surface area contributed by atoms with Crippen LogP contribution in [0.25, 0.3) is 11.4 Å². The number of aromatic nitrogens is 2. The number of nitrogens with one attached hydrogen (secondary N) is 1. The molecule has 0 spiro atoms. The molecule has 0 aliphatic carbocycles. The number of benzene rings is 1. The maximum Gasteiger partial charge on any atom is 0.234 e. The number of likely N-dealkylation sites (N-methyl/N-ethyl adjacent to an activating group) is 1. The summed E-state index contributed by atoms with van der Waals surface area (Å²) in [4.78, 5) is 20.7. The molecule has 0 bridgehead atoms. The lowest BCUT2D eigenvalue weighted by Crippen LogP contribution is -2.49. The molecule has 0 unspecified atom stereocenters. The van der Waals surface area contributed by atoms with Crippen LogP contribution in [0.4, 0.5) is 5.13 Å². The molecule has 122 valence electrons. The van der Waals surface area contributed by atoms with E-state index in [9.17, 15) is 4.79 Å². The Bertz CT molecular complexity index is 637. The summed E-state index contributed by atoms with van der Waals surface area (Å²) in [6.45, 7) is 6.61. The Kier molecular flexibility index (Phi) is 5.19. The Morgan fingerprint density at radius 1 is 1.22 bits per heavy atom. The van der Waals surface area contributed by atoms with E-state index in [1.165, 1.54) is 11.5 Å². The fourth-order valence-corrected chi connectivity index (χ4v) is 3.34. The van der Waals surface area contributed by atoms with Crippen LogP contribution in [0.5, 0.6) is 0 Å². The first-order valence-electron chi connectivity index (χ1n) is 7.89. The summed E-state index contributed by atoms with van der Waals surface area (Å²) < 4.78 is 4.46. The van der Waals surface area contributed by atoms with Gasteiger partial charge < -0.3 is 10.2 Å². The molecule has 3 rings (SSSR count). The monoisotopic (exact) mass is 331 g/mol. The first-order chi connectivity index (χ1) is 11.3. The van der Waals surface area contributed by atoms with Gasteiger partial charge in [0.05, 0.1) is 6.54 Å². The van der Waals surface area contributed by atoms with Gasteiger partial charge in [-0.15, -0.1) is 0 Å². The molecule has 2 aromatic rings. The van der Waals surface area contributed by atoms with Gasteiger partial charge in [-0.25, -0.2) is 0 Å². The molecule has 0 atom stereocenters. The Hall–Kier alpha value is -1.99. The molecule has 1 amide bonds. The Balaban J connectivity index is 1.56. The van der Waals surface area contributed by atoms with Crippen LogP contribution in [0.2, 0.25) is 0 Å². The average molecular weight is 331 g/mol. The maximum absolute atomic E-state index is 11.6. The van der Waals surface area contributed by atoms with Gasteiger partial charge in [-0.05, 0) is 6.92 Å². The molecule has 0 radical (unpaired) electrons. The molecule has 2 heterocycles. The van der Waals surface area contributed by atoms with Gasteiger partial charge in [-0.2, -0.15) is 9.36 Å². The molecule has 1 aliphatic rings. The van der Waals surface area contributed by atoms with E-state index >= 15 is 0 Å². The normalized spacial score (nSPS) is 15.6. The van der Waals surface area contributed by atoms with Crippen LogP contribution in [0.3, 0.4) is 0 Å². The second-order valence-corrected chi connectivity index (χ2v) is 6.21. The highest BCUT2D eigenvalue weighted by Crippen LogP contribution is 2.24. The van der Waals surface area contributed by atoms with Crippen molar-refractivity contribution in [1.29, 1.82) is 0 Å². The van der Waals surface area contributed by atoms with Gasteiger partial charge in [-0.1, -0.05) is 30.3 Å². The van der Waals surface area contributed by atoms with Crippen LogP contribution in [0.1, 0.15) is 6.92 Å². The Morgan fingerprint density at radius 2 is 1.96 bits per heavy atom. The van der Waals surface area contributed by atoms with Crippen molar-refractivity contribution in [3.05, 3.63) is 30.3 Å². The maximum atomic E-state index is 11.6. The van der Waals surface area contributed by atoms with Gasteiger partial charge in [0, 0.05) is 49.8 Å². The molecule has 1 aromatic heterocycles. The number of carbonyl (C=O) groups excluding carboxylic acids is 1. The second kappa shape index (κ2) is 7.52. The zero-order valence-corrected chi connectivity index (χ0v) is 14.1. The van der Waals surface area contributed by atoms with Crippen LogP contribution in [0, 0.1) is 0 Å². The van der Waals surface area contributed by atoms with Crippen LogP contribution in [-0.4, -0.2) is 59.4 Å². The first-order valence-corrected chi connectivity index (χ1v) is 8.66. The van der Waals surface area contributed by atoms with E-state index in [1.54, 1.807) is 0 Å². The molecule has 23 heavy (non-hydrogen) atoms. The van der Waals surface area contributed by atoms with E-state index in [-0.39, 0.29) is 5.91 Å². The number of amides is 1. The minimum atomic E-state index is 0.100. The molecule has 7 heteroatoms. The predicted molar refractivity (Wildman–Crippen MR) is 92.7 cm³/mol. The summed E-state index contributed by atoms with van der Waals surface area (Å²) in [6, 6.07) is 10.0. The van der Waals surface area contributed by atoms with Crippen molar-refractivity contribution in [2.75, 3.05) is 44.2 Å². The molecule has 0 saturated carbocycles. The number of rotatable bonds is 5. The van der Waals surface area contributed by atoms with E-state index in [0.29, 0.717) is 13.1 Å². The molecule has 1 aliphatic heterocycles. The lowest BCUT2D eigenvalue weighted by molar-refractivity contribution is -0.122. The number of hydrogen-bond donors (Lipinski definition) is 1. The highest BCUT2D eigenvalue weighted by atomic mass is 32.1. The lowest BCUT2D eigenvalue weighted by atomic mass is 10.2. The SMILES string of the molecule is CCNC(=O)CN1CCN(c2nc(-c3ccccc3)ns2)CC1. The minimum absolute atomic E-state index is 0.100. The van der Waals surface area contributed by atoms with E-state index < -0.39 is 0 Å². The van der Waals surface area contributed by atoms with E-state index in [4.69, 9.17) is 0 Å². The molecule has 1 saturated heterocycles. The van der Waals surface area contributed by atoms with Gasteiger partial charge in [0.1, 0.15) is 0 Å². The van der Waals surface area contributed by atoms with Gasteiger partial charge in [0.2, 0.25) is 11.0 Å². The van der Waals surface area contributed by atoms with E-state index in [1.807, 2.05) is 37.3 Å². The standard InChI is InChI=1S/C16H21N5OS/c1-2-17-14(22)12-20-8-10-21(11-9-20)16-18-15(19-23-16)13-6-4-3-5-7-13/h3-7H,2,8-12H2,1H3,(H,17,22). The molecule has 1 fully saturated rings. The zero-order valence-electron chi connectivity index (χ0n) is 13.2. The summed E-state index contributed by atoms with van der Waals surface area (Å²) in [5, 5.41) is 3.80. The quantitative estimate of drug-likeness (QED) is 0.899. The zero-order chi connectivity index (χ0) is 16.1. The van der Waals surface area contributed by atoms with Gasteiger partial charge >= 0.3 is 0 Å². The van der Waals surface area contributed by atoms with Crippen molar-refractivity contribution in [1.82, 2.24) is 19.6 Å².